The van der Waals surface area contributed by atoms with Crippen molar-refractivity contribution in [3.63, 3.8) is 0 Å². The normalized spacial score (nSPS) is 25.3. The molecule has 1 saturated heterocycles. The molecule has 8 heteroatoms. The highest BCUT2D eigenvalue weighted by Crippen LogP contribution is 2.25. The first kappa shape index (κ1) is 13.3. The minimum absolute atomic E-state index is 0.0556. The highest BCUT2D eigenvalue weighted by atomic mass is 19.4. The number of hydrogen-bond acceptors (Lipinski definition) is 5. The largest absolute Gasteiger partial charge is 0.389 e. The minimum atomic E-state index is -4.22. The molecule has 0 amide bonds. The Labute approximate surface area is 101 Å². The molecule has 0 aliphatic carbocycles. The number of rotatable bonds is 3. The second-order valence-corrected chi connectivity index (χ2v) is 4.30. The van der Waals surface area contributed by atoms with Crippen LogP contribution in [0.4, 0.5) is 13.2 Å². The highest BCUT2D eigenvalue weighted by Gasteiger charge is 2.31. The SMILES string of the molecule is NC1CCOCC1c1nc(CCC(F)(F)F)no1. The van der Waals surface area contributed by atoms with E-state index in [1.54, 1.807) is 0 Å². The first-order valence-corrected chi connectivity index (χ1v) is 5.68. The number of aryl methyl sites for hydroxylation is 1. The third kappa shape index (κ3) is 3.42. The Morgan fingerprint density at radius 1 is 1.39 bits per heavy atom. The van der Waals surface area contributed by atoms with Gasteiger partial charge in [0, 0.05) is 19.1 Å². The molecule has 1 aliphatic rings. The van der Waals surface area contributed by atoms with Crippen LogP contribution in [0.3, 0.4) is 0 Å². The van der Waals surface area contributed by atoms with Crippen LogP contribution in [0, 0.1) is 0 Å². The van der Waals surface area contributed by atoms with Gasteiger partial charge in [0.2, 0.25) is 5.89 Å². The quantitative estimate of drug-likeness (QED) is 0.894. The summed E-state index contributed by atoms with van der Waals surface area (Å²) in [6.07, 6.45) is -4.79. The number of halogens is 3. The van der Waals surface area contributed by atoms with Crippen molar-refractivity contribution < 1.29 is 22.4 Å². The van der Waals surface area contributed by atoms with Crippen molar-refractivity contribution in [3.05, 3.63) is 11.7 Å². The van der Waals surface area contributed by atoms with Crippen molar-refractivity contribution in [1.82, 2.24) is 10.1 Å². The van der Waals surface area contributed by atoms with Crippen LogP contribution in [0.5, 0.6) is 0 Å². The summed E-state index contributed by atoms with van der Waals surface area (Å²) in [6.45, 7) is 0.939. The van der Waals surface area contributed by atoms with E-state index in [1.165, 1.54) is 0 Å². The Hall–Kier alpha value is -1.15. The zero-order valence-corrected chi connectivity index (χ0v) is 9.61. The van der Waals surface area contributed by atoms with E-state index in [4.69, 9.17) is 15.0 Å². The molecule has 1 aliphatic heterocycles. The van der Waals surface area contributed by atoms with Gasteiger partial charge in [0.05, 0.1) is 18.9 Å². The molecule has 0 saturated carbocycles. The van der Waals surface area contributed by atoms with Crippen molar-refractivity contribution in [2.24, 2.45) is 5.73 Å². The summed E-state index contributed by atoms with van der Waals surface area (Å²) in [5.74, 6) is 0.0883. The number of alkyl halides is 3. The van der Waals surface area contributed by atoms with Crippen LogP contribution in [-0.2, 0) is 11.2 Å². The van der Waals surface area contributed by atoms with Gasteiger partial charge in [-0.1, -0.05) is 5.16 Å². The maximum atomic E-state index is 12.0. The third-order valence-electron chi connectivity index (χ3n) is 2.84. The van der Waals surface area contributed by atoms with Gasteiger partial charge in [-0.15, -0.1) is 0 Å². The molecule has 2 atom stereocenters. The molecule has 0 radical (unpaired) electrons. The average molecular weight is 265 g/mol. The molecule has 0 spiro atoms. The smallest absolute Gasteiger partial charge is 0.381 e. The zero-order chi connectivity index (χ0) is 13.2. The molecule has 18 heavy (non-hydrogen) atoms. The molecule has 0 aromatic carbocycles. The van der Waals surface area contributed by atoms with Crippen LogP contribution in [0.2, 0.25) is 0 Å². The van der Waals surface area contributed by atoms with Crippen molar-refractivity contribution in [2.75, 3.05) is 13.2 Å². The van der Waals surface area contributed by atoms with Gasteiger partial charge >= 0.3 is 6.18 Å². The number of ether oxygens (including phenoxy) is 1. The monoisotopic (exact) mass is 265 g/mol. The fourth-order valence-electron chi connectivity index (χ4n) is 1.78. The average Bonchev–Trinajstić information content (AvgIpc) is 2.75. The van der Waals surface area contributed by atoms with Gasteiger partial charge in [-0.3, -0.25) is 0 Å². The van der Waals surface area contributed by atoms with Gasteiger partial charge in [0.1, 0.15) is 0 Å². The molecule has 0 bridgehead atoms. The molecule has 1 aromatic rings. The number of hydrogen-bond donors (Lipinski definition) is 1. The predicted octanol–water partition coefficient (Wildman–Crippen LogP) is 1.40. The number of nitrogens with two attached hydrogens (primary N) is 1. The van der Waals surface area contributed by atoms with E-state index in [-0.39, 0.29) is 30.1 Å². The van der Waals surface area contributed by atoms with Gasteiger partial charge in [0.25, 0.3) is 0 Å². The van der Waals surface area contributed by atoms with Crippen LogP contribution >= 0.6 is 0 Å². The summed E-state index contributed by atoms with van der Waals surface area (Å²) in [7, 11) is 0. The Bertz CT molecular complexity index is 394. The van der Waals surface area contributed by atoms with Crippen molar-refractivity contribution in [1.29, 1.82) is 0 Å². The Morgan fingerprint density at radius 3 is 2.83 bits per heavy atom. The first-order chi connectivity index (χ1) is 8.46. The molecule has 1 aromatic heterocycles. The van der Waals surface area contributed by atoms with E-state index in [9.17, 15) is 13.2 Å². The van der Waals surface area contributed by atoms with Crippen molar-refractivity contribution in [2.45, 2.75) is 37.4 Å². The van der Waals surface area contributed by atoms with Gasteiger partial charge in [-0.25, -0.2) is 0 Å². The number of aromatic nitrogens is 2. The van der Waals surface area contributed by atoms with E-state index >= 15 is 0 Å². The highest BCUT2D eigenvalue weighted by molar-refractivity contribution is 5.00. The van der Waals surface area contributed by atoms with Crippen LogP contribution < -0.4 is 5.73 Å². The lowest BCUT2D eigenvalue weighted by molar-refractivity contribution is -0.134. The maximum Gasteiger partial charge on any atom is 0.389 e. The lowest BCUT2D eigenvalue weighted by Gasteiger charge is -2.25. The summed E-state index contributed by atoms with van der Waals surface area (Å²) in [4.78, 5) is 3.95. The Balaban J connectivity index is 1.97. The van der Waals surface area contributed by atoms with E-state index in [0.717, 1.165) is 0 Å². The molecular weight excluding hydrogens is 251 g/mol. The topological polar surface area (TPSA) is 74.2 Å². The summed E-state index contributed by atoms with van der Waals surface area (Å²) >= 11 is 0. The summed E-state index contributed by atoms with van der Waals surface area (Å²) in [5.41, 5.74) is 5.88. The van der Waals surface area contributed by atoms with Gasteiger partial charge in [-0.05, 0) is 6.42 Å². The standard InChI is InChI=1S/C10H14F3N3O2/c11-10(12,13)3-1-8-15-9(18-16-8)6-5-17-4-2-7(6)14/h6-7H,1-5,14H2. The van der Waals surface area contributed by atoms with Crippen molar-refractivity contribution >= 4 is 0 Å². The van der Waals surface area contributed by atoms with E-state index in [1.807, 2.05) is 0 Å². The zero-order valence-electron chi connectivity index (χ0n) is 9.61. The molecule has 2 rings (SSSR count). The Morgan fingerprint density at radius 2 is 2.17 bits per heavy atom. The van der Waals surface area contributed by atoms with E-state index in [0.29, 0.717) is 19.6 Å². The van der Waals surface area contributed by atoms with E-state index < -0.39 is 12.6 Å². The predicted molar refractivity (Wildman–Crippen MR) is 54.8 cm³/mol. The van der Waals surface area contributed by atoms with Gasteiger partial charge in [0.15, 0.2) is 5.82 Å². The lowest BCUT2D eigenvalue weighted by atomic mass is 9.97. The Kier molecular flexibility index (Phi) is 3.86. The second-order valence-electron chi connectivity index (χ2n) is 4.30. The van der Waals surface area contributed by atoms with Crippen molar-refractivity contribution in [3.8, 4) is 0 Å². The van der Waals surface area contributed by atoms with Gasteiger partial charge in [-0.2, -0.15) is 18.2 Å². The fourth-order valence-corrected chi connectivity index (χ4v) is 1.78. The van der Waals surface area contributed by atoms with E-state index in [2.05, 4.69) is 10.1 Å². The fraction of sp³-hybridized carbons (Fsp3) is 0.800. The van der Waals surface area contributed by atoms with Crippen LogP contribution in [0.1, 0.15) is 30.5 Å². The lowest BCUT2D eigenvalue weighted by Crippen LogP contribution is -2.37. The molecule has 2 heterocycles. The minimum Gasteiger partial charge on any atom is -0.381 e. The van der Waals surface area contributed by atoms with Crippen LogP contribution in [-0.4, -0.2) is 35.6 Å². The first-order valence-electron chi connectivity index (χ1n) is 5.68. The molecule has 2 unspecified atom stereocenters. The summed E-state index contributed by atoms with van der Waals surface area (Å²) < 4.78 is 46.3. The third-order valence-corrected chi connectivity index (χ3v) is 2.84. The molecule has 102 valence electrons. The summed E-state index contributed by atoms with van der Waals surface area (Å²) in [6, 6.07) is -0.158. The molecular formula is C10H14F3N3O2. The van der Waals surface area contributed by atoms with Gasteiger partial charge < -0.3 is 15.0 Å². The van der Waals surface area contributed by atoms with Crippen LogP contribution in [0.25, 0.3) is 0 Å². The molecule has 5 nitrogen and oxygen atoms in total. The second kappa shape index (κ2) is 5.23. The molecule has 1 fully saturated rings. The summed E-state index contributed by atoms with van der Waals surface area (Å²) in [5, 5.41) is 3.53. The molecule has 2 N–H and O–H groups in total. The number of nitrogens with zero attached hydrogens (tertiary/aromatic N) is 2. The van der Waals surface area contributed by atoms with Crippen LogP contribution in [0.15, 0.2) is 4.52 Å². The maximum absolute atomic E-state index is 12.0.